The van der Waals surface area contributed by atoms with Crippen LogP contribution in [0.1, 0.15) is 17.3 Å². The lowest BCUT2D eigenvalue weighted by Gasteiger charge is -2.19. The SMILES string of the molecule is C/C(=C/C(=O)Nc1ccc(C(=O)OCC(=O)Nc2ccc3c(c2)OCCO3)cc1)C(=O)O. The molecule has 1 aliphatic rings. The highest BCUT2D eigenvalue weighted by molar-refractivity contribution is 6.04. The Bertz CT molecular complexity index is 1080. The van der Waals surface area contributed by atoms with E-state index in [0.717, 1.165) is 6.08 Å². The minimum absolute atomic E-state index is 0.114. The predicted octanol–water partition coefficient (Wildman–Crippen LogP) is 2.22. The summed E-state index contributed by atoms with van der Waals surface area (Å²) < 4.78 is 15.9. The van der Waals surface area contributed by atoms with Crippen molar-refractivity contribution in [3.63, 3.8) is 0 Å². The van der Waals surface area contributed by atoms with Crippen LogP contribution in [0.15, 0.2) is 54.1 Å². The van der Waals surface area contributed by atoms with E-state index in [2.05, 4.69) is 10.6 Å². The van der Waals surface area contributed by atoms with Crippen molar-refractivity contribution >= 4 is 35.1 Å². The highest BCUT2D eigenvalue weighted by atomic mass is 16.6. The fraction of sp³-hybridized carbons (Fsp3) is 0.182. The quantitative estimate of drug-likeness (QED) is 0.440. The molecule has 3 N–H and O–H groups in total. The number of amides is 2. The number of hydrogen-bond acceptors (Lipinski definition) is 7. The van der Waals surface area contributed by atoms with Crippen molar-refractivity contribution in [3.05, 3.63) is 59.7 Å². The number of fused-ring (bicyclic) bond motifs is 1. The first-order valence-electron chi connectivity index (χ1n) is 9.51. The normalized spacial score (nSPS) is 12.5. The molecule has 10 nitrogen and oxygen atoms in total. The molecule has 3 rings (SSSR count). The van der Waals surface area contributed by atoms with E-state index in [1.807, 2.05) is 0 Å². The lowest BCUT2D eigenvalue weighted by molar-refractivity contribution is -0.132. The minimum atomic E-state index is -1.20. The van der Waals surface area contributed by atoms with Gasteiger partial charge in [-0.2, -0.15) is 0 Å². The molecule has 32 heavy (non-hydrogen) atoms. The number of ether oxygens (including phenoxy) is 3. The highest BCUT2D eigenvalue weighted by Gasteiger charge is 2.14. The molecule has 0 saturated heterocycles. The van der Waals surface area contributed by atoms with Crippen molar-refractivity contribution < 1.29 is 38.5 Å². The number of aliphatic carboxylic acids is 1. The Morgan fingerprint density at radius 1 is 0.969 bits per heavy atom. The van der Waals surface area contributed by atoms with Crippen molar-refractivity contribution in [1.29, 1.82) is 0 Å². The summed E-state index contributed by atoms with van der Waals surface area (Å²) in [6.07, 6.45) is 0.949. The third-order valence-electron chi connectivity index (χ3n) is 4.23. The van der Waals surface area contributed by atoms with Gasteiger partial charge < -0.3 is 30.0 Å². The zero-order chi connectivity index (χ0) is 23.1. The van der Waals surface area contributed by atoms with E-state index >= 15 is 0 Å². The topological polar surface area (TPSA) is 140 Å². The van der Waals surface area contributed by atoms with E-state index in [4.69, 9.17) is 19.3 Å². The molecule has 0 saturated carbocycles. The van der Waals surface area contributed by atoms with E-state index in [-0.39, 0.29) is 11.1 Å². The van der Waals surface area contributed by atoms with Crippen molar-refractivity contribution in [2.45, 2.75) is 6.92 Å². The van der Waals surface area contributed by atoms with Crippen molar-refractivity contribution in [2.75, 3.05) is 30.5 Å². The molecule has 10 heteroatoms. The Morgan fingerprint density at radius 3 is 2.31 bits per heavy atom. The first kappa shape index (κ1) is 22.3. The predicted molar refractivity (Wildman–Crippen MR) is 113 cm³/mol. The number of carboxylic acid groups (broad SMARTS) is 1. The summed E-state index contributed by atoms with van der Waals surface area (Å²) >= 11 is 0. The fourth-order valence-corrected chi connectivity index (χ4v) is 2.66. The van der Waals surface area contributed by atoms with Crippen molar-refractivity contribution in [2.24, 2.45) is 0 Å². The van der Waals surface area contributed by atoms with Crippen LogP contribution in [0.4, 0.5) is 11.4 Å². The van der Waals surface area contributed by atoms with Gasteiger partial charge in [-0.25, -0.2) is 9.59 Å². The number of nitrogens with one attached hydrogen (secondary N) is 2. The first-order valence-corrected chi connectivity index (χ1v) is 9.51. The standard InChI is InChI=1S/C22H20N2O8/c1-13(21(27)28)10-19(25)23-15-4-2-14(3-5-15)22(29)32-12-20(26)24-16-6-7-17-18(11-16)31-9-8-30-17/h2-7,10-11H,8-9,12H2,1H3,(H,23,25)(H,24,26)(H,27,28)/b13-10-. The van der Waals surface area contributed by atoms with E-state index in [9.17, 15) is 19.2 Å². The molecule has 2 aromatic rings. The lowest BCUT2D eigenvalue weighted by atomic mass is 10.2. The average molecular weight is 440 g/mol. The number of hydrogen-bond donors (Lipinski definition) is 3. The molecule has 0 atom stereocenters. The Hall–Kier alpha value is -4.34. The minimum Gasteiger partial charge on any atom is -0.486 e. The van der Waals surface area contributed by atoms with Gasteiger partial charge in [0.2, 0.25) is 5.91 Å². The molecule has 0 spiro atoms. The third kappa shape index (κ3) is 6.08. The Labute approximate surface area is 182 Å². The maximum atomic E-state index is 12.1. The molecule has 1 aliphatic heterocycles. The maximum absolute atomic E-state index is 12.1. The summed E-state index contributed by atoms with van der Waals surface area (Å²) in [5.41, 5.74) is 0.893. The summed E-state index contributed by atoms with van der Waals surface area (Å²) in [5, 5.41) is 13.9. The van der Waals surface area contributed by atoms with Crippen LogP contribution in [0.5, 0.6) is 11.5 Å². The van der Waals surface area contributed by atoms with Crippen LogP contribution >= 0.6 is 0 Å². The molecular formula is C22H20N2O8. The molecule has 0 radical (unpaired) electrons. The van der Waals surface area contributed by atoms with Crippen LogP contribution in [0.25, 0.3) is 0 Å². The van der Waals surface area contributed by atoms with Crippen LogP contribution in [-0.2, 0) is 19.1 Å². The van der Waals surface area contributed by atoms with Crippen LogP contribution in [0, 0.1) is 0 Å². The van der Waals surface area contributed by atoms with Gasteiger partial charge in [-0.3, -0.25) is 9.59 Å². The van der Waals surface area contributed by atoms with Gasteiger partial charge in [0.25, 0.3) is 5.91 Å². The van der Waals surface area contributed by atoms with Crippen LogP contribution in [0.2, 0.25) is 0 Å². The summed E-state index contributed by atoms with van der Waals surface area (Å²) in [5.74, 6) is -1.95. The van der Waals surface area contributed by atoms with Crippen LogP contribution in [-0.4, -0.2) is 48.7 Å². The van der Waals surface area contributed by atoms with Crippen LogP contribution < -0.4 is 20.1 Å². The zero-order valence-corrected chi connectivity index (χ0v) is 17.0. The third-order valence-corrected chi connectivity index (χ3v) is 4.23. The highest BCUT2D eigenvalue weighted by Crippen LogP contribution is 2.32. The second-order valence-corrected chi connectivity index (χ2v) is 6.68. The molecule has 166 valence electrons. The van der Waals surface area contributed by atoms with Gasteiger partial charge in [0.05, 0.1) is 5.56 Å². The number of carbonyl (C=O) groups is 4. The van der Waals surface area contributed by atoms with Gasteiger partial charge in [0.1, 0.15) is 13.2 Å². The Balaban J connectivity index is 1.49. The number of anilines is 2. The summed E-state index contributed by atoms with van der Waals surface area (Å²) in [6, 6.07) is 10.7. The maximum Gasteiger partial charge on any atom is 0.338 e. The first-order chi connectivity index (χ1) is 15.3. The number of esters is 1. The molecule has 0 bridgehead atoms. The molecule has 0 fully saturated rings. The van der Waals surface area contributed by atoms with E-state index in [1.54, 1.807) is 18.2 Å². The van der Waals surface area contributed by atoms with Crippen molar-refractivity contribution in [1.82, 2.24) is 0 Å². The molecule has 0 unspecified atom stereocenters. The molecule has 0 aliphatic carbocycles. The van der Waals surface area contributed by atoms with E-state index < -0.39 is 30.4 Å². The largest absolute Gasteiger partial charge is 0.486 e. The van der Waals surface area contributed by atoms with Crippen molar-refractivity contribution in [3.8, 4) is 11.5 Å². The summed E-state index contributed by atoms with van der Waals surface area (Å²) in [6.45, 7) is 1.68. The molecule has 0 aromatic heterocycles. The fourth-order valence-electron chi connectivity index (χ4n) is 2.66. The second kappa shape index (κ2) is 10.1. The van der Waals surface area contributed by atoms with Gasteiger partial charge in [-0.1, -0.05) is 0 Å². The van der Waals surface area contributed by atoms with Gasteiger partial charge in [-0.05, 0) is 43.3 Å². The van der Waals surface area contributed by atoms with Gasteiger partial charge in [0, 0.05) is 29.1 Å². The Kier molecular flexibility index (Phi) is 7.06. The molecular weight excluding hydrogens is 420 g/mol. The van der Waals surface area contributed by atoms with Gasteiger partial charge >= 0.3 is 11.9 Å². The molecule has 1 heterocycles. The molecule has 2 amide bonds. The zero-order valence-electron chi connectivity index (χ0n) is 17.0. The number of carboxylic acids is 1. The summed E-state index contributed by atoms with van der Waals surface area (Å²) in [7, 11) is 0. The number of carbonyl (C=O) groups excluding carboxylic acids is 3. The van der Waals surface area contributed by atoms with E-state index in [1.165, 1.54) is 31.2 Å². The smallest absolute Gasteiger partial charge is 0.338 e. The van der Waals surface area contributed by atoms with Gasteiger partial charge in [0.15, 0.2) is 18.1 Å². The average Bonchev–Trinajstić information content (AvgIpc) is 2.77. The van der Waals surface area contributed by atoms with E-state index in [0.29, 0.717) is 36.1 Å². The number of rotatable bonds is 7. The Morgan fingerprint density at radius 2 is 1.62 bits per heavy atom. The van der Waals surface area contributed by atoms with Crippen LogP contribution in [0.3, 0.4) is 0 Å². The monoisotopic (exact) mass is 440 g/mol. The molecule has 2 aromatic carbocycles. The summed E-state index contributed by atoms with van der Waals surface area (Å²) in [4.78, 5) is 46.7. The lowest BCUT2D eigenvalue weighted by Crippen LogP contribution is -2.21. The van der Waals surface area contributed by atoms with Gasteiger partial charge in [-0.15, -0.1) is 0 Å². The number of benzene rings is 2. The second-order valence-electron chi connectivity index (χ2n) is 6.68.